The lowest BCUT2D eigenvalue weighted by molar-refractivity contribution is -0.139. The number of fused-ring (bicyclic) bond motifs is 4. The molecule has 0 radical (unpaired) electrons. The lowest BCUT2D eigenvalue weighted by Crippen LogP contribution is -2.53. The second kappa shape index (κ2) is 14.2. The Kier molecular flexibility index (Phi) is 9.59. The number of rotatable bonds is 8. The summed E-state index contributed by atoms with van der Waals surface area (Å²) in [5, 5.41) is 11.4. The standard InChI is InChI=1S/C42H35Cl2F3N4O6/c1-3-21-5-12-26(13-6-21)50-37(53)28-15-14-27-29(34(28)39(50)55)19-30-38(54)51(49-36-31(44)18-24(20-48-36)42(45,46)47)40(56)41(30,23-8-10-25(43)11-9-23)35(27)22-7-16-32(52)33(17-22)57-4-2/h5-14,16-18,20,28-30,34-35,52H,3-4,15,19H2,1-2H3,(H,48,49)/t28-,29+,30-,34-,35-,41+/m0/s1. The topological polar surface area (TPSA) is 129 Å². The number of aromatic hydroxyl groups is 1. The zero-order chi connectivity index (χ0) is 40.6. The summed E-state index contributed by atoms with van der Waals surface area (Å²) >= 11 is 12.6. The number of allylic oxidation sites excluding steroid dienone is 2. The third kappa shape index (κ3) is 6.05. The summed E-state index contributed by atoms with van der Waals surface area (Å²) in [5.74, 6) is -7.20. The molecule has 2 saturated heterocycles. The first-order valence-corrected chi connectivity index (χ1v) is 19.2. The van der Waals surface area contributed by atoms with Gasteiger partial charge in [-0.3, -0.25) is 29.5 Å². The van der Waals surface area contributed by atoms with Crippen LogP contribution in [0, 0.1) is 23.7 Å². The van der Waals surface area contributed by atoms with Crippen LogP contribution in [0.1, 0.15) is 54.9 Å². The van der Waals surface area contributed by atoms with Crippen molar-refractivity contribution in [2.75, 3.05) is 16.9 Å². The number of benzene rings is 3. The van der Waals surface area contributed by atoms with Crippen molar-refractivity contribution in [3.8, 4) is 11.5 Å². The Balaban J connectivity index is 1.31. The average Bonchev–Trinajstić information content (AvgIpc) is 3.57. The maximum absolute atomic E-state index is 15.4. The number of phenolic OH excluding ortho intramolecular Hbond substituents is 1. The van der Waals surface area contributed by atoms with E-state index in [-0.39, 0.29) is 42.7 Å². The Bertz CT molecular complexity index is 2360. The minimum Gasteiger partial charge on any atom is -0.504 e. The van der Waals surface area contributed by atoms with Crippen molar-refractivity contribution in [2.24, 2.45) is 23.7 Å². The Labute approximate surface area is 335 Å². The molecule has 3 aromatic carbocycles. The third-order valence-corrected chi connectivity index (χ3v) is 12.3. The van der Waals surface area contributed by atoms with Gasteiger partial charge in [0.15, 0.2) is 17.3 Å². The van der Waals surface area contributed by atoms with E-state index in [1.807, 2.05) is 25.1 Å². The van der Waals surface area contributed by atoms with Crippen molar-refractivity contribution >= 4 is 58.3 Å². The van der Waals surface area contributed by atoms with Gasteiger partial charge in [0.2, 0.25) is 11.8 Å². The summed E-state index contributed by atoms with van der Waals surface area (Å²) in [7, 11) is 0. The van der Waals surface area contributed by atoms with Gasteiger partial charge in [-0.1, -0.05) is 72.1 Å². The molecular formula is C42H35Cl2F3N4O6. The number of aromatic nitrogens is 1. The zero-order valence-electron chi connectivity index (χ0n) is 30.5. The Morgan fingerprint density at radius 1 is 0.930 bits per heavy atom. The fourth-order valence-electron chi connectivity index (χ4n) is 9.27. The number of nitrogens with zero attached hydrogens (tertiary/aromatic N) is 3. The first-order valence-electron chi connectivity index (χ1n) is 18.5. The summed E-state index contributed by atoms with van der Waals surface area (Å²) in [5.41, 5.74) is 2.74. The molecule has 6 atom stereocenters. The predicted octanol–water partition coefficient (Wildman–Crippen LogP) is 8.26. The van der Waals surface area contributed by atoms with E-state index in [1.165, 1.54) is 11.0 Å². The molecule has 2 aliphatic heterocycles. The molecule has 0 spiro atoms. The molecule has 2 aliphatic carbocycles. The number of hydrazine groups is 1. The van der Waals surface area contributed by atoms with Crippen LogP contribution in [0.5, 0.6) is 11.5 Å². The number of hydrogen-bond acceptors (Lipinski definition) is 8. The van der Waals surface area contributed by atoms with Crippen molar-refractivity contribution in [2.45, 2.75) is 50.6 Å². The van der Waals surface area contributed by atoms with E-state index in [0.29, 0.717) is 39.7 Å². The smallest absolute Gasteiger partial charge is 0.417 e. The summed E-state index contributed by atoms with van der Waals surface area (Å²) < 4.78 is 46.3. The van der Waals surface area contributed by atoms with Crippen LogP contribution in [0.15, 0.2) is 90.6 Å². The number of alkyl halides is 3. The number of anilines is 2. The number of nitrogens with one attached hydrogen (secondary N) is 1. The number of halogens is 5. The Hall–Kier alpha value is -5.40. The van der Waals surface area contributed by atoms with E-state index < -0.39 is 69.5 Å². The molecule has 15 heteroatoms. The fraction of sp³-hybridized carbons (Fsp3) is 0.310. The van der Waals surface area contributed by atoms with Crippen molar-refractivity contribution in [3.05, 3.63) is 123 Å². The maximum Gasteiger partial charge on any atom is 0.417 e. The molecule has 3 heterocycles. The number of phenols is 1. The summed E-state index contributed by atoms with van der Waals surface area (Å²) in [6.45, 7) is 3.94. The SMILES string of the molecule is CCOc1cc([C@H]2C3=CC[C@@H]4C(=O)N(c5ccc(CC)cc5)C(=O)[C@@H]4[C@@H]3C[C@H]3C(=O)N(Nc4ncc(C(F)(F)F)cc4Cl)C(=O)[C@@]23c2ccc(Cl)cc2)ccc1O. The zero-order valence-corrected chi connectivity index (χ0v) is 32.0. The van der Waals surface area contributed by atoms with Crippen LogP contribution in [0.25, 0.3) is 0 Å². The van der Waals surface area contributed by atoms with Gasteiger partial charge in [0.1, 0.15) is 0 Å². The summed E-state index contributed by atoms with van der Waals surface area (Å²) in [4.78, 5) is 64.0. The molecule has 4 aliphatic rings. The quantitative estimate of drug-likeness (QED) is 0.134. The molecule has 57 heavy (non-hydrogen) atoms. The van der Waals surface area contributed by atoms with Crippen LogP contribution in [0.3, 0.4) is 0 Å². The molecule has 2 N–H and O–H groups in total. The Morgan fingerprint density at radius 3 is 2.30 bits per heavy atom. The van der Waals surface area contributed by atoms with Gasteiger partial charge in [0.25, 0.3) is 11.8 Å². The van der Waals surface area contributed by atoms with Gasteiger partial charge in [-0.2, -0.15) is 18.2 Å². The number of carbonyl (C=O) groups is 4. The van der Waals surface area contributed by atoms with Gasteiger partial charge in [-0.25, -0.2) is 4.98 Å². The highest BCUT2D eigenvalue weighted by Gasteiger charge is 2.70. The maximum atomic E-state index is 15.4. The number of aryl methyl sites for hydroxylation is 1. The van der Waals surface area contributed by atoms with Gasteiger partial charge < -0.3 is 9.84 Å². The lowest BCUT2D eigenvalue weighted by atomic mass is 9.49. The van der Waals surface area contributed by atoms with Crippen molar-refractivity contribution in [1.82, 2.24) is 9.99 Å². The molecule has 1 saturated carbocycles. The lowest BCUT2D eigenvalue weighted by Gasteiger charge is -2.50. The molecule has 3 fully saturated rings. The van der Waals surface area contributed by atoms with Crippen LogP contribution in [-0.2, 0) is 37.2 Å². The van der Waals surface area contributed by atoms with Crippen LogP contribution in [-0.4, -0.2) is 45.3 Å². The number of ether oxygens (including phenoxy) is 1. The first kappa shape index (κ1) is 38.5. The molecule has 0 unspecified atom stereocenters. The van der Waals surface area contributed by atoms with E-state index in [9.17, 15) is 32.7 Å². The monoisotopic (exact) mass is 818 g/mol. The number of pyridine rings is 1. The fourth-order valence-corrected chi connectivity index (χ4v) is 9.61. The Morgan fingerprint density at radius 2 is 1.65 bits per heavy atom. The number of hydrogen-bond donors (Lipinski definition) is 2. The van der Waals surface area contributed by atoms with E-state index in [1.54, 1.807) is 55.5 Å². The minimum absolute atomic E-state index is 0.0406. The van der Waals surface area contributed by atoms with Crippen molar-refractivity contribution in [1.29, 1.82) is 0 Å². The predicted molar refractivity (Wildman–Crippen MR) is 204 cm³/mol. The molecule has 8 rings (SSSR count). The second-order valence-corrected chi connectivity index (χ2v) is 15.5. The molecule has 294 valence electrons. The highest BCUT2D eigenvalue weighted by Crippen LogP contribution is 2.64. The largest absolute Gasteiger partial charge is 0.504 e. The van der Waals surface area contributed by atoms with Gasteiger partial charge in [0, 0.05) is 17.1 Å². The third-order valence-electron chi connectivity index (χ3n) is 11.8. The van der Waals surface area contributed by atoms with Crippen molar-refractivity contribution in [3.63, 3.8) is 0 Å². The van der Waals surface area contributed by atoms with Crippen molar-refractivity contribution < 1.29 is 42.2 Å². The number of carbonyl (C=O) groups excluding carboxylic acids is 4. The highest BCUT2D eigenvalue weighted by atomic mass is 35.5. The normalized spacial score (nSPS) is 25.6. The van der Waals surface area contributed by atoms with E-state index in [0.717, 1.165) is 17.0 Å². The molecular weight excluding hydrogens is 784 g/mol. The van der Waals surface area contributed by atoms with Gasteiger partial charge >= 0.3 is 6.18 Å². The van der Waals surface area contributed by atoms with E-state index in [2.05, 4.69) is 10.4 Å². The highest BCUT2D eigenvalue weighted by molar-refractivity contribution is 6.33. The molecule has 10 nitrogen and oxygen atoms in total. The van der Waals surface area contributed by atoms with Gasteiger partial charge in [0.05, 0.1) is 46.0 Å². The van der Waals surface area contributed by atoms with E-state index >= 15 is 4.79 Å². The van der Waals surface area contributed by atoms with Crippen LogP contribution in [0.4, 0.5) is 24.7 Å². The minimum atomic E-state index is -4.75. The molecule has 1 aromatic heterocycles. The van der Waals surface area contributed by atoms with Gasteiger partial charge in [-0.05, 0) is 91.3 Å². The summed E-state index contributed by atoms with van der Waals surface area (Å²) in [6.07, 6.45) is -1.43. The molecule has 4 aromatic rings. The summed E-state index contributed by atoms with van der Waals surface area (Å²) in [6, 6.07) is 18.9. The molecule has 0 bridgehead atoms. The first-order chi connectivity index (χ1) is 27.2. The van der Waals surface area contributed by atoms with Crippen LogP contribution in [0.2, 0.25) is 10.0 Å². The van der Waals surface area contributed by atoms with E-state index in [4.69, 9.17) is 27.9 Å². The number of imide groups is 2. The number of amides is 4. The molecule has 4 amide bonds. The average molecular weight is 820 g/mol. The van der Waals surface area contributed by atoms with Crippen LogP contribution < -0.4 is 15.1 Å². The second-order valence-electron chi connectivity index (χ2n) is 14.6. The van der Waals surface area contributed by atoms with Gasteiger partial charge in [-0.15, -0.1) is 0 Å². The van der Waals surface area contributed by atoms with Crippen LogP contribution >= 0.6 is 23.2 Å².